The van der Waals surface area contributed by atoms with Gasteiger partial charge in [0, 0.05) is 37.9 Å². The molecule has 148 valence electrons. The molecule has 0 spiro atoms. The number of piperazine rings is 1. The van der Waals surface area contributed by atoms with Gasteiger partial charge in [-0.3, -0.25) is 4.90 Å². The second kappa shape index (κ2) is 8.66. The molecular weight excluding hydrogens is 353 g/mol. The normalized spacial score (nSPS) is 20.4. The highest BCUT2D eigenvalue weighted by Crippen LogP contribution is 2.31. The van der Waals surface area contributed by atoms with E-state index in [1.165, 1.54) is 6.07 Å². The van der Waals surface area contributed by atoms with Crippen LogP contribution in [0.15, 0.2) is 30.5 Å². The van der Waals surface area contributed by atoms with Crippen LogP contribution in [0.5, 0.6) is 0 Å². The molecule has 0 saturated carbocycles. The largest absolute Gasteiger partial charge is 0.365 e. The first kappa shape index (κ1) is 20.2. The molecule has 0 aliphatic carbocycles. The van der Waals surface area contributed by atoms with Crippen molar-refractivity contribution in [2.24, 2.45) is 5.92 Å². The molecule has 2 aromatic rings. The number of nitrogens with zero attached hydrogens (tertiary/aromatic N) is 5. The van der Waals surface area contributed by atoms with Crippen molar-refractivity contribution in [1.82, 2.24) is 15.1 Å². The Morgan fingerprint density at radius 2 is 2.04 bits per heavy atom. The van der Waals surface area contributed by atoms with Crippen LogP contribution in [0, 0.1) is 23.1 Å². The zero-order chi connectivity index (χ0) is 20.3. The third kappa shape index (κ3) is 4.31. The highest BCUT2D eigenvalue weighted by Gasteiger charge is 2.32. The van der Waals surface area contributed by atoms with E-state index in [1.807, 2.05) is 18.2 Å². The predicted octanol–water partition coefficient (Wildman–Crippen LogP) is 3.79. The van der Waals surface area contributed by atoms with E-state index < -0.39 is 5.82 Å². The molecule has 28 heavy (non-hydrogen) atoms. The summed E-state index contributed by atoms with van der Waals surface area (Å²) < 4.78 is 14.6. The fourth-order valence-electron chi connectivity index (χ4n) is 3.97. The second-order valence-corrected chi connectivity index (χ2v) is 8.04. The van der Waals surface area contributed by atoms with Gasteiger partial charge in [0.2, 0.25) is 0 Å². The van der Waals surface area contributed by atoms with E-state index in [4.69, 9.17) is 0 Å². The molecule has 2 unspecified atom stereocenters. The van der Waals surface area contributed by atoms with E-state index in [1.54, 1.807) is 6.20 Å². The van der Waals surface area contributed by atoms with E-state index in [2.05, 4.69) is 53.8 Å². The molecule has 6 heteroatoms. The van der Waals surface area contributed by atoms with Crippen molar-refractivity contribution in [2.45, 2.75) is 52.7 Å². The van der Waals surface area contributed by atoms with Crippen molar-refractivity contribution >= 4 is 5.69 Å². The topological polar surface area (TPSA) is 56.1 Å². The van der Waals surface area contributed by atoms with Crippen LogP contribution in [-0.2, 0) is 13.0 Å². The van der Waals surface area contributed by atoms with Gasteiger partial charge in [-0.2, -0.15) is 15.5 Å². The number of rotatable bonds is 5. The quantitative estimate of drug-likeness (QED) is 0.789. The molecule has 2 atom stereocenters. The maximum atomic E-state index is 14.6. The molecule has 1 aromatic heterocycles. The lowest BCUT2D eigenvalue weighted by Gasteiger charge is -2.46. The van der Waals surface area contributed by atoms with Gasteiger partial charge in [0.25, 0.3) is 0 Å². The highest BCUT2D eigenvalue weighted by atomic mass is 19.1. The Morgan fingerprint density at radius 3 is 2.68 bits per heavy atom. The van der Waals surface area contributed by atoms with E-state index in [0.717, 1.165) is 43.0 Å². The SMILES string of the molecule is CC(C)Cc1cc(F)c(C#N)c(N2CCN(Cc3cccnn3)C(C)C2C)c1. The number of hydrogen-bond donors (Lipinski definition) is 0. The van der Waals surface area contributed by atoms with E-state index in [9.17, 15) is 9.65 Å². The van der Waals surface area contributed by atoms with Crippen LogP contribution >= 0.6 is 0 Å². The third-order valence-electron chi connectivity index (χ3n) is 5.58. The number of aromatic nitrogens is 2. The molecule has 1 aromatic carbocycles. The summed E-state index contributed by atoms with van der Waals surface area (Å²) >= 11 is 0. The first-order valence-corrected chi connectivity index (χ1v) is 9.90. The van der Waals surface area contributed by atoms with Crippen molar-refractivity contribution in [2.75, 3.05) is 18.0 Å². The summed E-state index contributed by atoms with van der Waals surface area (Å²) in [5.74, 6) is 0.0119. The fraction of sp³-hybridized carbons (Fsp3) is 0.500. The maximum Gasteiger partial charge on any atom is 0.143 e. The summed E-state index contributed by atoms with van der Waals surface area (Å²) in [6.45, 7) is 10.8. The summed E-state index contributed by atoms with van der Waals surface area (Å²) in [6, 6.07) is 9.86. The Morgan fingerprint density at radius 1 is 1.25 bits per heavy atom. The van der Waals surface area contributed by atoms with E-state index in [-0.39, 0.29) is 17.6 Å². The fourth-order valence-corrected chi connectivity index (χ4v) is 3.97. The standard InChI is InChI=1S/C22H28FN5/c1-15(2)10-18-11-21(23)20(13-24)22(12-18)28-9-8-27(16(3)17(28)4)14-19-6-5-7-25-26-19/h5-7,11-12,15-17H,8-10,14H2,1-4H3. The summed E-state index contributed by atoms with van der Waals surface area (Å²) in [4.78, 5) is 4.55. The van der Waals surface area contributed by atoms with Gasteiger partial charge in [-0.1, -0.05) is 13.8 Å². The molecule has 0 amide bonds. The van der Waals surface area contributed by atoms with Gasteiger partial charge in [-0.25, -0.2) is 4.39 Å². The molecule has 5 nitrogen and oxygen atoms in total. The van der Waals surface area contributed by atoms with Crippen LogP contribution in [0.1, 0.15) is 44.5 Å². The predicted molar refractivity (Wildman–Crippen MR) is 108 cm³/mol. The monoisotopic (exact) mass is 381 g/mol. The first-order chi connectivity index (χ1) is 13.4. The summed E-state index contributed by atoms with van der Waals surface area (Å²) in [6.07, 6.45) is 2.47. The highest BCUT2D eigenvalue weighted by molar-refractivity contribution is 5.62. The van der Waals surface area contributed by atoms with Crippen molar-refractivity contribution < 1.29 is 4.39 Å². The van der Waals surface area contributed by atoms with Crippen molar-refractivity contribution in [3.05, 3.63) is 53.1 Å². The molecular formula is C22H28FN5. The number of hydrogen-bond acceptors (Lipinski definition) is 5. The van der Waals surface area contributed by atoms with Gasteiger partial charge in [-0.05, 0) is 56.0 Å². The summed E-state index contributed by atoms with van der Waals surface area (Å²) in [5, 5.41) is 17.7. The molecule has 0 N–H and O–H groups in total. The van der Waals surface area contributed by atoms with Gasteiger partial charge >= 0.3 is 0 Å². The Bertz CT molecular complexity index is 846. The van der Waals surface area contributed by atoms with Crippen LogP contribution in [0.25, 0.3) is 0 Å². The van der Waals surface area contributed by atoms with Crippen LogP contribution in [-0.4, -0.2) is 40.3 Å². The van der Waals surface area contributed by atoms with Gasteiger partial charge in [0.05, 0.1) is 11.4 Å². The molecule has 1 aliphatic rings. The lowest BCUT2D eigenvalue weighted by atomic mass is 9.97. The number of benzene rings is 1. The maximum absolute atomic E-state index is 14.6. The third-order valence-corrected chi connectivity index (χ3v) is 5.58. The van der Waals surface area contributed by atoms with Crippen molar-refractivity contribution in [3.63, 3.8) is 0 Å². The average Bonchev–Trinajstić information content (AvgIpc) is 2.65. The molecule has 1 aliphatic heterocycles. The second-order valence-electron chi connectivity index (χ2n) is 8.04. The smallest absolute Gasteiger partial charge is 0.143 e. The molecule has 3 rings (SSSR count). The summed E-state index contributed by atoms with van der Waals surface area (Å²) in [7, 11) is 0. The molecule has 2 heterocycles. The van der Waals surface area contributed by atoms with Gasteiger partial charge < -0.3 is 4.90 Å². The Labute approximate surface area is 166 Å². The molecule has 0 radical (unpaired) electrons. The minimum absolute atomic E-state index is 0.145. The van der Waals surface area contributed by atoms with E-state index in [0.29, 0.717) is 5.92 Å². The van der Waals surface area contributed by atoms with Gasteiger partial charge in [-0.15, -0.1) is 0 Å². The average molecular weight is 381 g/mol. The lowest BCUT2D eigenvalue weighted by molar-refractivity contribution is 0.148. The number of anilines is 1. The van der Waals surface area contributed by atoms with Crippen LogP contribution in [0.3, 0.4) is 0 Å². The van der Waals surface area contributed by atoms with Crippen molar-refractivity contribution in [1.29, 1.82) is 5.26 Å². The zero-order valence-corrected chi connectivity index (χ0v) is 17.1. The number of halogens is 1. The minimum atomic E-state index is -0.419. The molecule has 1 saturated heterocycles. The Kier molecular flexibility index (Phi) is 6.25. The molecule has 1 fully saturated rings. The van der Waals surface area contributed by atoms with Crippen LogP contribution in [0.2, 0.25) is 0 Å². The van der Waals surface area contributed by atoms with Crippen LogP contribution in [0.4, 0.5) is 10.1 Å². The number of nitriles is 1. The van der Waals surface area contributed by atoms with Gasteiger partial charge in [0.15, 0.2) is 0 Å². The zero-order valence-electron chi connectivity index (χ0n) is 17.1. The lowest BCUT2D eigenvalue weighted by Crippen LogP contribution is -2.57. The Balaban J connectivity index is 1.85. The Hall–Kier alpha value is -2.52. The van der Waals surface area contributed by atoms with Crippen molar-refractivity contribution in [3.8, 4) is 6.07 Å². The first-order valence-electron chi connectivity index (χ1n) is 9.90. The minimum Gasteiger partial charge on any atom is -0.365 e. The summed E-state index contributed by atoms with van der Waals surface area (Å²) in [5.41, 5.74) is 2.76. The van der Waals surface area contributed by atoms with Gasteiger partial charge in [0.1, 0.15) is 17.4 Å². The van der Waals surface area contributed by atoms with E-state index >= 15 is 0 Å². The van der Waals surface area contributed by atoms with Crippen LogP contribution < -0.4 is 4.90 Å². The molecule has 0 bridgehead atoms.